The number of aromatic nitrogens is 3. The summed E-state index contributed by atoms with van der Waals surface area (Å²) in [5.41, 5.74) is 2.34. The highest BCUT2D eigenvalue weighted by molar-refractivity contribution is 6.29. The SMILES string of the molecule is Fc1ccc(-c2cnn3c(Cl)ccnc23)cc1. The van der Waals surface area contributed by atoms with Crippen LogP contribution in [-0.4, -0.2) is 14.6 Å². The van der Waals surface area contributed by atoms with E-state index in [2.05, 4.69) is 10.1 Å². The summed E-state index contributed by atoms with van der Waals surface area (Å²) in [5, 5.41) is 4.63. The third-order valence-corrected chi connectivity index (χ3v) is 2.80. The van der Waals surface area contributed by atoms with Crippen LogP contribution in [0.4, 0.5) is 4.39 Å². The van der Waals surface area contributed by atoms with E-state index in [0.717, 1.165) is 11.1 Å². The van der Waals surface area contributed by atoms with E-state index < -0.39 is 0 Å². The van der Waals surface area contributed by atoms with Crippen molar-refractivity contribution in [1.29, 1.82) is 0 Å². The number of benzene rings is 1. The predicted molar refractivity (Wildman–Crippen MR) is 63.4 cm³/mol. The molecule has 3 rings (SSSR count). The number of hydrogen-bond acceptors (Lipinski definition) is 2. The molecule has 17 heavy (non-hydrogen) atoms. The minimum absolute atomic E-state index is 0.267. The number of nitrogens with zero attached hydrogens (tertiary/aromatic N) is 3. The van der Waals surface area contributed by atoms with Gasteiger partial charge in [0.2, 0.25) is 0 Å². The van der Waals surface area contributed by atoms with Gasteiger partial charge in [-0.25, -0.2) is 13.9 Å². The van der Waals surface area contributed by atoms with E-state index in [-0.39, 0.29) is 5.82 Å². The van der Waals surface area contributed by atoms with Crippen LogP contribution < -0.4 is 0 Å². The molecule has 2 aromatic heterocycles. The molecule has 84 valence electrons. The molecule has 0 atom stereocenters. The second-order valence-electron chi connectivity index (χ2n) is 3.57. The van der Waals surface area contributed by atoms with Crippen LogP contribution in [-0.2, 0) is 0 Å². The minimum Gasteiger partial charge on any atom is -0.236 e. The van der Waals surface area contributed by atoms with E-state index in [1.807, 2.05) is 0 Å². The molecule has 0 unspecified atom stereocenters. The maximum absolute atomic E-state index is 12.8. The van der Waals surface area contributed by atoms with E-state index in [1.54, 1.807) is 35.1 Å². The summed E-state index contributed by atoms with van der Waals surface area (Å²) in [5.74, 6) is -0.267. The molecule has 0 aliphatic rings. The molecule has 0 aliphatic carbocycles. The monoisotopic (exact) mass is 247 g/mol. The number of rotatable bonds is 1. The second kappa shape index (κ2) is 3.82. The highest BCUT2D eigenvalue weighted by Gasteiger charge is 2.09. The van der Waals surface area contributed by atoms with Gasteiger partial charge < -0.3 is 0 Å². The third-order valence-electron chi connectivity index (χ3n) is 2.51. The summed E-state index contributed by atoms with van der Waals surface area (Å²) in [6.07, 6.45) is 3.29. The molecule has 0 saturated carbocycles. The molecule has 0 aliphatic heterocycles. The Balaban J connectivity index is 2.24. The maximum atomic E-state index is 12.8. The Labute approximate surface area is 101 Å². The molecule has 3 aromatic rings. The van der Waals surface area contributed by atoms with Gasteiger partial charge in [0.05, 0.1) is 6.20 Å². The fourth-order valence-corrected chi connectivity index (χ4v) is 1.88. The molecule has 0 saturated heterocycles. The molecule has 1 aromatic carbocycles. The molecule has 0 bridgehead atoms. The molecular formula is C12H7ClFN3. The van der Waals surface area contributed by atoms with Crippen molar-refractivity contribution < 1.29 is 4.39 Å². The Morgan fingerprint density at radius 3 is 2.65 bits per heavy atom. The van der Waals surface area contributed by atoms with Gasteiger partial charge in [0.15, 0.2) is 5.65 Å². The van der Waals surface area contributed by atoms with Crippen molar-refractivity contribution in [1.82, 2.24) is 14.6 Å². The van der Waals surface area contributed by atoms with Crippen LogP contribution in [0.3, 0.4) is 0 Å². The molecule has 2 heterocycles. The first-order chi connectivity index (χ1) is 8.25. The Kier molecular flexibility index (Phi) is 2.30. The van der Waals surface area contributed by atoms with Gasteiger partial charge in [-0.1, -0.05) is 23.7 Å². The van der Waals surface area contributed by atoms with Gasteiger partial charge in [0.1, 0.15) is 11.0 Å². The zero-order valence-corrected chi connectivity index (χ0v) is 9.39. The first kappa shape index (κ1) is 10.2. The standard InChI is InChI=1S/C12H7ClFN3/c13-11-5-6-15-12-10(7-16-17(11)12)8-1-3-9(14)4-2-8/h1-7H. The molecule has 0 spiro atoms. The quantitative estimate of drug-likeness (QED) is 0.618. The van der Waals surface area contributed by atoms with Gasteiger partial charge in [-0.3, -0.25) is 0 Å². The average molecular weight is 248 g/mol. The molecule has 0 radical (unpaired) electrons. The highest BCUT2D eigenvalue weighted by atomic mass is 35.5. The van der Waals surface area contributed by atoms with Crippen molar-refractivity contribution in [2.75, 3.05) is 0 Å². The maximum Gasteiger partial charge on any atom is 0.164 e. The average Bonchev–Trinajstić information content (AvgIpc) is 2.75. The summed E-state index contributed by atoms with van der Waals surface area (Å²) >= 11 is 5.98. The summed E-state index contributed by atoms with van der Waals surface area (Å²) in [4.78, 5) is 4.22. The van der Waals surface area contributed by atoms with Crippen LogP contribution in [0.2, 0.25) is 5.15 Å². The summed E-state index contributed by atoms with van der Waals surface area (Å²) < 4.78 is 14.4. The molecule has 0 N–H and O–H groups in total. The lowest BCUT2D eigenvalue weighted by Crippen LogP contribution is -1.90. The summed E-state index contributed by atoms with van der Waals surface area (Å²) in [7, 11) is 0. The smallest absolute Gasteiger partial charge is 0.164 e. The highest BCUT2D eigenvalue weighted by Crippen LogP contribution is 2.24. The Morgan fingerprint density at radius 2 is 1.88 bits per heavy atom. The summed E-state index contributed by atoms with van der Waals surface area (Å²) in [6.45, 7) is 0. The Morgan fingerprint density at radius 1 is 1.12 bits per heavy atom. The second-order valence-corrected chi connectivity index (χ2v) is 3.96. The van der Waals surface area contributed by atoms with E-state index in [4.69, 9.17) is 11.6 Å². The van der Waals surface area contributed by atoms with Gasteiger partial charge in [0, 0.05) is 11.8 Å². The number of halogens is 2. The Bertz CT molecular complexity index is 676. The van der Waals surface area contributed by atoms with Gasteiger partial charge in [-0.2, -0.15) is 5.10 Å². The molecule has 0 fully saturated rings. The molecular weight excluding hydrogens is 241 g/mol. The summed E-state index contributed by atoms with van der Waals surface area (Å²) in [6, 6.07) is 7.85. The topological polar surface area (TPSA) is 30.2 Å². The van der Waals surface area contributed by atoms with Crippen LogP contribution in [0, 0.1) is 5.82 Å². The van der Waals surface area contributed by atoms with E-state index in [0.29, 0.717) is 10.8 Å². The fourth-order valence-electron chi connectivity index (χ4n) is 1.70. The molecule has 3 nitrogen and oxygen atoms in total. The van der Waals surface area contributed by atoms with E-state index in [9.17, 15) is 4.39 Å². The van der Waals surface area contributed by atoms with Crippen LogP contribution in [0.25, 0.3) is 16.8 Å². The van der Waals surface area contributed by atoms with Crippen LogP contribution >= 0.6 is 11.6 Å². The zero-order valence-electron chi connectivity index (χ0n) is 8.64. The fraction of sp³-hybridized carbons (Fsp3) is 0. The third kappa shape index (κ3) is 1.66. The van der Waals surface area contributed by atoms with Gasteiger partial charge in [0.25, 0.3) is 0 Å². The van der Waals surface area contributed by atoms with Gasteiger partial charge in [-0.15, -0.1) is 0 Å². The van der Waals surface area contributed by atoms with Crippen molar-refractivity contribution in [3.8, 4) is 11.1 Å². The van der Waals surface area contributed by atoms with Crippen molar-refractivity contribution in [2.24, 2.45) is 0 Å². The van der Waals surface area contributed by atoms with E-state index in [1.165, 1.54) is 12.1 Å². The normalized spacial score (nSPS) is 10.9. The van der Waals surface area contributed by atoms with Crippen molar-refractivity contribution >= 4 is 17.2 Å². The lowest BCUT2D eigenvalue weighted by molar-refractivity contribution is 0.628. The van der Waals surface area contributed by atoms with Crippen molar-refractivity contribution in [2.45, 2.75) is 0 Å². The van der Waals surface area contributed by atoms with Crippen LogP contribution in [0.1, 0.15) is 0 Å². The van der Waals surface area contributed by atoms with Gasteiger partial charge in [-0.05, 0) is 23.8 Å². The van der Waals surface area contributed by atoms with Crippen LogP contribution in [0.15, 0.2) is 42.7 Å². The van der Waals surface area contributed by atoms with Crippen molar-refractivity contribution in [3.63, 3.8) is 0 Å². The molecule has 0 amide bonds. The van der Waals surface area contributed by atoms with E-state index >= 15 is 0 Å². The Hall–Kier alpha value is -1.94. The van der Waals surface area contributed by atoms with Crippen molar-refractivity contribution in [3.05, 3.63) is 53.7 Å². The zero-order chi connectivity index (χ0) is 11.8. The molecule has 5 heteroatoms. The first-order valence-electron chi connectivity index (χ1n) is 5.00. The number of hydrogen-bond donors (Lipinski definition) is 0. The lowest BCUT2D eigenvalue weighted by atomic mass is 10.1. The van der Waals surface area contributed by atoms with Crippen LogP contribution in [0.5, 0.6) is 0 Å². The lowest BCUT2D eigenvalue weighted by Gasteiger charge is -1.99. The predicted octanol–water partition coefficient (Wildman–Crippen LogP) is 3.19. The minimum atomic E-state index is -0.267. The largest absolute Gasteiger partial charge is 0.236 e. The first-order valence-corrected chi connectivity index (χ1v) is 5.38. The van der Waals surface area contributed by atoms with Gasteiger partial charge >= 0.3 is 0 Å². The number of fused-ring (bicyclic) bond motifs is 1.